The van der Waals surface area contributed by atoms with E-state index in [1.807, 2.05) is 18.7 Å². The molecule has 1 aromatic carbocycles. The Balaban J connectivity index is 1.38. The summed E-state index contributed by atoms with van der Waals surface area (Å²) >= 11 is 0. The van der Waals surface area contributed by atoms with E-state index >= 15 is 0 Å². The van der Waals surface area contributed by atoms with Crippen LogP contribution in [0, 0.1) is 11.3 Å². The van der Waals surface area contributed by atoms with Gasteiger partial charge in [0.2, 0.25) is 11.9 Å². The molecule has 11 heteroatoms. The Morgan fingerprint density at radius 3 is 2.28 bits per heavy atom. The number of carbonyl (C=O) groups excluding carboxylic acids is 2. The molecule has 2 aliphatic rings. The molecule has 9 nitrogen and oxygen atoms in total. The summed E-state index contributed by atoms with van der Waals surface area (Å²) in [6.07, 6.45) is 2.46. The zero-order valence-electron chi connectivity index (χ0n) is 21.1. The molecule has 2 saturated heterocycles. The number of ether oxygens (including phenoxy) is 2. The Bertz CT molecular complexity index is 1100. The smallest absolute Gasteiger partial charge is 0.278 e. The van der Waals surface area contributed by atoms with Crippen molar-refractivity contribution >= 4 is 23.5 Å². The Morgan fingerprint density at radius 2 is 1.72 bits per heavy atom. The summed E-state index contributed by atoms with van der Waals surface area (Å²) in [5, 5.41) is 0. The lowest BCUT2D eigenvalue weighted by Gasteiger charge is -2.39. The molecule has 0 aliphatic carbocycles. The van der Waals surface area contributed by atoms with Crippen molar-refractivity contribution in [2.45, 2.75) is 32.8 Å². The Kier molecular flexibility index (Phi) is 6.76. The van der Waals surface area contributed by atoms with Gasteiger partial charge in [0.15, 0.2) is 12.7 Å². The first-order valence-corrected chi connectivity index (χ1v) is 11.7. The highest BCUT2D eigenvalue weighted by atomic mass is 19.3. The molecular weight excluding hydrogens is 472 g/mol. The molecule has 2 aliphatic heterocycles. The fourth-order valence-corrected chi connectivity index (χ4v) is 4.21. The van der Waals surface area contributed by atoms with Crippen molar-refractivity contribution in [2.24, 2.45) is 11.3 Å². The van der Waals surface area contributed by atoms with Crippen molar-refractivity contribution in [3.05, 3.63) is 36.7 Å². The third kappa shape index (κ3) is 5.50. The topological polar surface area (TPSA) is 88.1 Å². The number of alkyl halides is 2. The molecule has 3 heterocycles. The lowest BCUT2D eigenvalue weighted by Crippen LogP contribution is -2.54. The minimum absolute atomic E-state index is 0.0599. The maximum Gasteiger partial charge on any atom is 0.278 e. The minimum atomic E-state index is -2.93. The van der Waals surface area contributed by atoms with Gasteiger partial charge in [-0.25, -0.2) is 18.7 Å². The lowest BCUT2D eigenvalue weighted by molar-refractivity contribution is -0.133. The van der Waals surface area contributed by atoms with E-state index in [2.05, 4.69) is 9.97 Å². The third-order valence-corrected chi connectivity index (χ3v) is 6.23. The van der Waals surface area contributed by atoms with Gasteiger partial charge in [-0.15, -0.1) is 0 Å². The summed E-state index contributed by atoms with van der Waals surface area (Å²) in [4.78, 5) is 39.2. The first kappa shape index (κ1) is 25.6. The molecular formula is C25H31F2N5O4. The van der Waals surface area contributed by atoms with Gasteiger partial charge in [-0.2, -0.15) is 0 Å². The highest BCUT2D eigenvalue weighted by molar-refractivity contribution is 5.99. The van der Waals surface area contributed by atoms with E-state index in [9.17, 15) is 18.4 Å². The van der Waals surface area contributed by atoms with Crippen LogP contribution in [0.3, 0.4) is 0 Å². The second kappa shape index (κ2) is 9.51. The molecule has 0 radical (unpaired) electrons. The fraction of sp³-hybridized carbons (Fsp3) is 0.520. The molecule has 194 valence electrons. The van der Waals surface area contributed by atoms with Gasteiger partial charge < -0.3 is 24.2 Å². The number of aromatic nitrogens is 2. The normalized spacial score (nSPS) is 19.8. The summed E-state index contributed by atoms with van der Waals surface area (Å²) in [6, 6.07) is 6.25. The number of amides is 2. The van der Waals surface area contributed by atoms with Crippen molar-refractivity contribution < 1.29 is 27.8 Å². The quantitative estimate of drug-likeness (QED) is 0.547. The average Bonchev–Trinajstić information content (AvgIpc) is 3.01. The largest absolute Gasteiger partial charge is 0.487 e. The van der Waals surface area contributed by atoms with Crippen LogP contribution >= 0.6 is 0 Å². The molecule has 2 aromatic rings. The Hall–Kier alpha value is -3.50. The van der Waals surface area contributed by atoms with E-state index < -0.39 is 24.0 Å². The third-order valence-electron chi connectivity index (χ3n) is 6.23. The summed E-state index contributed by atoms with van der Waals surface area (Å²) in [5.41, 5.74) is 0.0560. The van der Waals surface area contributed by atoms with Gasteiger partial charge in [-0.3, -0.25) is 9.59 Å². The van der Waals surface area contributed by atoms with Crippen LogP contribution in [0.15, 0.2) is 36.7 Å². The van der Waals surface area contributed by atoms with E-state index in [1.54, 1.807) is 48.4 Å². The van der Waals surface area contributed by atoms with E-state index in [0.29, 0.717) is 42.8 Å². The van der Waals surface area contributed by atoms with Crippen molar-refractivity contribution in [2.75, 3.05) is 50.1 Å². The van der Waals surface area contributed by atoms with Crippen molar-refractivity contribution in [3.8, 4) is 11.5 Å². The second-order valence-electron chi connectivity index (χ2n) is 10.3. The van der Waals surface area contributed by atoms with Gasteiger partial charge in [-0.05, 0) is 24.3 Å². The van der Waals surface area contributed by atoms with Crippen LogP contribution in [0.25, 0.3) is 0 Å². The highest BCUT2D eigenvalue weighted by Gasteiger charge is 2.49. The Morgan fingerprint density at radius 1 is 1.14 bits per heavy atom. The molecule has 4 rings (SSSR count). The fourth-order valence-electron chi connectivity index (χ4n) is 4.21. The van der Waals surface area contributed by atoms with Crippen molar-refractivity contribution in [1.29, 1.82) is 0 Å². The van der Waals surface area contributed by atoms with E-state index in [1.165, 1.54) is 12.1 Å². The molecule has 0 saturated carbocycles. The highest BCUT2D eigenvalue weighted by Crippen LogP contribution is 2.37. The molecule has 0 spiro atoms. The molecule has 1 unspecified atom stereocenters. The van der Waals surface area contributed by atoms with Crippen LogP contribution in [0.5, 0.6) is 11.5 Å². The number of benzene rings is 1. The summed E-state index contributed by atoms with van der Waals surface area (Å²) in [7, 11) is 3.48. The molecule has 2 amide bonds. The summed E-state index contributed by atoms with van der Waals surface area (Å²) < 4.78 is 37.1. The minimum Gasteiger partial charge on any atom is -0.487 e. The van der Waals surface area contributed by atoms with Crippen LogP contribution < -0.4 is 19.3 Å². The van der Waals surface area contributed by atoms with Gasteiger partial charge >= 0.3 is 0 Å². The van der Waals surface area contributed by atoms with Gasteiger partial charge in [0, 0.05) is 46.1 Å². The molecule has 0 N–H and O–H groups in total. The zero-order chi connectivity index (χ0) is 26.3. The maximum absolute atomic E-state index is 13.3. The van der Waals surface area contributed by atoms with Crippen LogP contribution in [-0.2, 0) is 9.59 Å². The van der Waals surface area contributed by atoms with E-state index in [0.717, 1.165) is 6.92 Å². The lowest BCUT2D eigenvalue weighted by atomic mass is 9.89. The number of nitrogens with zero attached hydrogens (tertiary/aromatic N) is 5. The number of halogens is 2. The van der Waals surface area contributed by atoms with E-state index in [-0.39, 0.29) is 17.7 Å². The molecule has 1 aromatic heterocycles. The van der Waals surface area contributed by atoms with E-state index in [4.69, 9.17) is 9.47 Å². The zero-order valence-corrected chi connectivity index (χ0v) is 21.1. The second-order valence-corrected chi connectivity index (χ2v) is 10.3. The van der Waals surface area contributed by atoms with Gasteiger partial charge in [0.05, 0.1) is 24.0 Å². The average molecular weight is 504 g/mol. The SMILES string of the molecule is CN(C)C(=O)C1CN(c2ncc(N3CC(C)(C)C(Oc4ccc(OCC(C)(F)F)cc4)C3=O)cn2)C1. The van der Waals surface area contributed by atoms with Crippen LogP contribution in [-0.4, -0.2) is 79.0 Å². The van der Waals surface area contributed by atoms with Crippen molar-refractivity contribution in [3.63, 3.8) is 0 Å². The van der Waals surface area contributed by atoms with Crippen molar-refractivity contribution in [1.82, 2.24) is 14.9 Å². The van der Waals surface area contributed by atoms with Crippen LogP contribution in [0.2, 0.25) is 0 Å². The van der Waals surface area contributed by atoms with Gasteiger partial charge in [0.1, 0.15) is 11.5 Å². The van der Waals surface area contributed by atoms with Gasteiger partial charge in [0.25, 0.3) is 11.8 Å². The van der Waals surface area contributed by atoms with Crippen LogP contribution in [0.4, 0.5) is 20.4 Å². The number of anilines is 2. The molecule has 2 fully saturated rings. The molecule has 0 bridgehead atoms. The predicted octanol–water partition coefficient (Wildman–Crippen LogP) is 2.86. The number of hydrogen-bond acceptors (Lipinski definition) is 7. The van der Waals surface area contributed by atoms with Crippen LogP contribution in [0.1, 0.15) is 20.8 Å². The maximum atomic E-state index is 13.3. The molecule has 36 heavy (non-hydrogen) atoms. The summed E-state index contributed by atoms with van der Waals surface area (Å²) in [5.74, 6) is -1.88. The monoisotopic (exact) mass is 503 g/mol. The van der Waals surface area contributed by atoms with Gasteiger partial charge in [-0.1, -0.05) is 13.8 Å². The Labute approximate surface area is 209 Å². The molecule has 1 atom stereocenters. The predicted molar refractivity (Wildman–Crippen MR) is 130 cm³/mol. The number of carbonyl (C=O) groups is 2. The standard InChI is InChI=1S/C25H31F2N5O4/c1-24(2)14-32(17-10-28-23(29-11-17)31-12-16(13-31)21(33)30(4)5)22(34)20(24)36-19-8-6-18(7-9-19)35-15-25(3,26)27/h6-11,16,20H,12-15H2,1-5H3. The first-order valence-electron chi connectivity index (χ1n) is 11.7. The first-order chi connectivity index (χ1) is 16.8. The summed E-state index contributed by atoms with van der Waals surface area (Å²) in [6.45, 7) is 5.48. The number of hydrogen-bond donors (Lipinski definition) is 0. The number of rotatable bonds is 8.